The summed E-state index contributed by atoms with van der Waals surface area (Å²) < 4.78 is 5.64. The SMILES string of the molecule is CCOC(C)(C)CNc1ncc(C(=O)O)c2ccccc12. The molecule has 2 N–H and O–H groups in total. The Morgan fingerprint density at radius 2 is 2.00 bits per heavy atom. The van der Waals surface area contributed by atoms with Gasteiger partial charge < -0.3 is 15.2 Å². The maximum Gasteiger partial charge on any atom is 0.337 e. The fourth-order valence-corrected chi connectivity index (χ4v) is 2.24. The molecule has 1 heterocycles. The van der Waals surface area contributed by atoms with E-state index in [-0.39, 0.29) is 11.2 Å². The standard InChI is InChI=1S/C16H20N2O3/c1-4-21-16(2,3)10-18-14-12-8-6-5-7-11(12)13(9-17-14)15(19)20/h5-9H,4,10H2,1-3H3,(H,17,18)(H,19,20). The van der Waals surface area contributed by atoms with Gasteiger partial charge in [-0.1, -0.05) is 24.3 Å². The quantitative estimate of drug-likeness (QED) is 0.854. The number of nitrogens with one attached hydrogen (secondary N) is 1. The number of fused-ring (bicyclic) bond motifs is 1. The van der Waals surface area contributed by atoms with Crippen LogP contribution in [-0.4, -0.2) is 34.8 Å². The second-order valence-electron chi connectivity index (χ2n) is 5.42. The first kappa shape index (κ1) is 15.3. The molecular formula is C16H20N2O3. The van der Waals surface area contributed by atoms with E-state index in [0.717, 1.165) is 5.39 Å². The van der Waals surface area contributed by atoms with Crippen LogP contribution in [0.2, 0.25) is 0 Å². The molecule has 21 heavy (non-hydrogen) atoms. The number of carboxylic acids is 1. The number of carbonyl (C=O) groups is 1. The number of nitrogens with zero attached hydrogens (tertiary/aromatic N) is 1. The van der Waals surface area contributed by atoms with Crippen LogP contribution < -0.4 is 5.32 Å². The molecule has 1 aromatic carbocycles. The predicted molar refractivity (Wildman–Crippen MR) is 82.9 cm³/mol. The maximum atomic E-state index is 11.2. The maximum absolute atomic E-state index is 11.2. The molecule has 1 aromatic heterocycles. The molecule has 5 heteroatoms. The number of rotatable bonds is 6. The van der Waals surface area contributed by atoms with E-state index in [1.165, 1.54) is 6.20 Å². The van der Waals surface area contributed by atoms with Crippen LogP contribution in [0.15, 0.2) is 30.5 Å². The fourth-order valence-electron chi connectivity index (χ4n) is 2.24. The van der Waals surface area contributed by atoms with Crippen LogP contribution in [0.3, 0.4) is 0 Å². The van der Waals surface area contributed by atoms with Crippen LogP contribution in [0.4, 0.5) is 5.82 Å². The zero-order chi connectivity index (χ0) is 15.5. The summed E-state index contributed by atoms with van der Waals surface area (Å²) in [6.07, 6.45) is 1.39. The summed E-state index contributed by atoms with van der Waals surface area (Å²) in [6, 6.07) is 7.35. The summed E-state index contributed by atoms with van der Waals surface area (Å²) in [5.41, 5.74) is -0.108. The van der Waals surface area contributed by atoms with Crippen LogP contribution >= 0.6 is 0 Å². The molecule has 0 bridgehead atoms. The smallest absolute Gasteiger partial charge is 0.337 e. The highest BCUT2D eigenvalue weighted by Crippen LogP contribution is 2.25. The number of anilines is 1. The third kappa shape index (κ3) is 3.49. The molecule has 0 fully saturated rings. The monoisotopic (exact) mass is 288 g/mol. The number of hydrogen-bond donors (Lipinski definition) is 2. The van der Waals surface area contributed by atoms with E-state index in [1.807, 2.05) is 39.0 Å². The molecule has 0 unspecified atom stereocenters. The van der Waals surface area contributed by atoms with Gasteiger partial charge in [0.2, 0.25) is 0 Å². The number of hydrogen-bond acceptors (Lipinski definition) is 4. The molecule has 0 spiro atoms. The number of benzene rings is 1. The number of pyridine rings is 1. The summed E-state index contributed by atoms with van der Waals surface area (Å²) in [5, 5.41) is 13.9. The average molecular weight is 288 g/mol. The lowest BCUT2D eigenvalue weighted by Gasteiger charge is -2.25. The summed E-state index contributed by atoms with van der Waals surface area (Å²) in [5.74, 6) is -0.303. The van der Waals surface area contributed by atoms with Crippen molar-refractivity contribution in [2.24, 2.45) is 0 Å². The Labute approximate surface area is 124 Å². The summed E-state index contributed by atoms with van der Waals surface area (Å²) >= 11 is 0. The van der Waals surface area contributed by atoms with Crippen molar-refractivity contribution in [3.05, 3.63) is 36.0 Å². The van der Waals surface area contributed by atoms with E-state index in [4.69, 9.17) is 4.74 Å². The Kier molecular flexibility index (Phi) is 4.43. The summed E-state index contributed by atoms with van der Waals surface area (Å²) in [4.78, 5) is 15.5. The lowest BCUT2D eigenvalue weighted by Crippen LogP contribution is -2.33. The molecule has 5 nitrogen and oxygen atoms in total. The first-order valence-corrected chi connectivity index (χ1v) is 6.93. The van der Waals surface area contributed by atoms with E-state index in [2.05, 4.69) is 10.3 Å². The Morgan fingerprint density at radius 1 is 1.33 bits per heavy atom. The molecule has 112 valence electrons. The zero-order valence-electron chi connectivity index (χ0n) is 12.5. The molecular weight excluding hydrogens is 268 g/mol. The van der Waals surface area contributed by atoms with Gasteiger partial charge >= 0.3 is 5.97 Å². The molecule has 0 aliphatic carbocycles. The van der Waals surface area contributed by atoms with E-state index in [0.29, 0.717) is 24.4 Å². The first-order chi connectivity index (χ1) is 9.94. The number of aromatic nitrogens is 1. The van der Waals surface area contributed by atoms with Crippen molar-refractivity contribution in [1.82, 2.24) is 4.98 Å². The van der Waals surface area contributed by atoms with Crippen LogP contribution in [0.25, 0.3) is 10.8 Å². The normalized spacial score (nSPS) is 11.6. The third-order valence-electron chi connectivity index (χ3n) is 3.24. The van der Waals surface area contributed by atoms with Gasteiger partial charge in [-0.25, -0.2) is 9.78 Å². The third-order valence-corrected chi connectivity index (χ3v) is 3.24. The Bertz CT molecular complexity index is 653. The Morgan fingerprint density at radius 3 is 2.62 bits per heavy atom. The molecule has 2 aromatic rings. The zero-order valence-corrected chi connectivity index (χ0v) is 12.5. The summed E-state index contributed by atoms with van der Waals surface area (Å²) in [6.45, 7) is 7.18. The van der Waals surface area contributed by atoms with Gasteiger partial charge in [0.05, 0.1) is 11.2 Å². The molecule has 0 aliphatic heterocycles. The van der Waals surface area contributed by atoms with Crippen molar-refractivity contribution in [3.63, 3.8) is 0 Å². The topological polar surface area (TPSA) is 71.5 Å². The van der Waals surface area contributed by atoms with Crippen molar-refractivity contribution < 1.29 is 14.6 Å². The number of ether oxygens (including phenoxy) is 1. The minimum atomic E-state index is -0.972. The molecule has 0 amide bonds. The average Bonchev–Trinajstić information content (AvgIpc) is 2.44. The highest BCUT2D eigenvalue weighted by atomic mass is 16.5. The van der Waals surface area contributed by atoms with Crippen LogP contribution in [-0.2, 0) is 4.74 Å². The van der Waals surface area contributed by atoms with Gasteiger partial charge in [0.15, 0.2) is 0 Å². The minimum Gasteiger partial charge on any atom is -0.478 e. The first-order valence-electron chi connectivity index (χ1n) is 6.93. The van der Waals surface area contributed by atoms with Crippen molar-refractivity contribution in [3.8, 4) is 0 Å². The second-order valence-corrected chi connectivity index (χ2v) is 5.42. The minimum absolute atomic E-state index is 0.209. The molecule has 0 aliphatic rings. The van der Waals surface area contributed by atoms with Crippen molar-refractivity contribution in [1.29, 1.82) is 0 Å². The van der Waals surface area contributed by atoms with Crippen molar-refractivity contribution in [2.45, 2.75) is 26.4 Å². The molecule has 0 saturated heterocycles. The highest BCUT2D eigenvalue weighted by molar-refractivity contribution is 6.06. The second kappa shape index (κ2) is 6.10. The van der Waals surface area contributed by atoms with Crippen molar-refractivity contribution in [2.75, 3.05) is 18.5 Å². The van der Waals surface area contributed by atoms with Gasteiger partial charge in [0.25, 0.3) is 0 Å². The highest BCUT2D eigenvalue weighted by Gasteiger charge is 2.19. The van der Waals surface area contributed by atoms with Crippen molar-refractivity contribution >= 4 is 22.6 Å². The Balaban J connectivity index is 2.34. The number of carboxylic acid groups (broad SMARTS) is 1. The number of aromatic carboxylic acids is 1. The van der Waals surface area contributed by atoms with Crippen LogP contribution in [0.1, 0.15) is 31.1 Å². The van der Waals surface area contributed by atoms with E-state index in [9.17, 15) is 9.90 Å². The molecule has 0 atom stereocenters. The largest absolute Gasteiger partial charge is 0.478 e. The van der Waals surface area contributed by atoms with Gasteiger partial charge in [0, 0.05) is 30.1 Å². The van der Waals surface area contributed by atoms with Gasteiger partial charge in [-0.3, -0.25) is 0 Å². The molecule has 0 saturated carbocycles. The van der Waals surface area contributed by atoms with E-state index >= 15 is 0 Å². The van der Waals surface area contributed by atoms with Crippen LogP contribution in [0, 0.1) is 0 Å². The fraction of sp³-hybridized carbons (Fsp3) is 0.375. The van der Waals surface area contributed by atoms with Gasteiger partial charge in [-0.15, -0.1) is 0 Å². The van der Waals surface area contributed by atoms with Gasteiger partial charge in [-0.05, 0) is 20.8 Å². The van der Waals surface area contributed by atoms with E-state index in [1.54, 1.807) is 6.07 Å². The lowest BCUT2D eigenvalue weighted by molar-refractivity contribution is 0.000656. The summed E-state index contributed by atoms with van der Waals surface area (Å²) in [7, 11) is 0. The molecule has 0 radical (unpaired) electrons. The molecule has 2 rings (SSSR count). The van der Waals surface area contributed by atoms with E-state index < -0.39 is 5.97 Å². The Hall–Kier alpha value is -2.14. The lowest BCUT2D eigenvalue weighted by atomic mass is 10.1. The predicted octanol–water partition coefficient (Wildman–Crippen LogP) is 3.16. The van der Waals surface area contributed by atoms with Gasteiger partial charge in [-0.2, -0.15) is 0 Å². The van der Waals surface area contributed by atoms with Crippen LogP contribution in [0.5, 0.6) is 0 Å². The van der Waals surface area contributed by atoms with Gasteiger partial charge in [0.1, 0.15) is 5.82 Å².